The predicted octanol–water partition coefficient (Wildman–Crippen LogP) is 4.44. The van der Waals surface area contributed by atoms with Gasteiger partial charge in [0, 0.05) is 22.2 Å². The molecule has 0 aliphatic heterocycles. The van der Waals surface area contributed by atoms with Crippen molar-refractivity contribution < 1.29 is 5.11 Å². The number of rotatable bonds is 5. The number of hydrogen-bond donors (Lipinski definition) is 2. The van der Waals surface area contributed by atoms with Crippen molar-refractivity contribution in [2.45, 2.75) is 38.7 Å². The summed E-state index contributed by atoms with van der Waals surface area (Å²) in [5.41, 5.74) is 0.698. The molecule has 2 N–H and O–H groups in total. The van der Waals surface area contributed by atoms with Crippen molar-refractivity contribution in [3.63, 3.8) is 0 Å². The highest BCUT2D eigenvalue weighted by Crippen LogP contribution is 2.29. The first-order chi connectivity index (χ1) is 9.58. The van der Waals surface area contributed by atoms with Crippen LogP contribution in [0.15, 0.2) is 18.2 Å². The summed E-state index contributed by atoms with van der Waals surface area (Å²) in [6, 6.07) is 5.20. The van der Waals surface area contributed by atoms with Gasteiger partial charge < -0.3 is 10.4 Å². The maximum absolute atomic E-state index is 10.2. The number of nitrogens with one attached hydrogen (secondary N) is 1. The second-order valence-electron chi connectivity index (χ2n) is 5.86. The molecule has 1 aromatic carbocycles. The SMILES string of the molecule is CC1CCCCC1CNCC(O)c1cc(Cl)ccc1Cl. The zero-order valence-electron chi connectivity index (χ0n) is 11.9. The van der Waals surface area contributed by atoms with Gasteiger partial charge in [0.1, 0.15) is 0 Å². The molecule has 0 spiro atoms. The zero-order valence-corrected chi connectivity index (χ0v) is 13.4. The van der Waals surface area contributed by atoms with Gasteiger partial charge in [-0.15, -0.1) is 0 Å². The summed E-state index contributed by atoms with van der Waals surface area (Å²) in [4.78, 5) is 0. The highest BCUT2D eigenvalue weighted by molar-refractivity contribution is 6.33. The van der Waals surface area contributed by atoms with Gasteiger partial charge in [0.25, 0.3) is 0 Å². The van der Waals surface area contributed by atoms with E-state index in [9.17, 15) is 5.11 Å². The Hall–Kier alpha value is -0.280. The number of aliphatic hydroxyl groups is 1. The maximum atomic E-state index is 10.2. The molecule has 2 rings (SSSR count). The van der Waals surface area contributed by atoms with Crippen LogP contribution in [0.25, 0.3) is 0 Å². The molecular weight excluding hydrogens is 293 g/mol. The van der Waals surface area contributed by atoms with E-state index in [2.05, 4.69) is 12.2 Å². The maximum Gasteiger partial charge on any atom is 0.0929 e. The average Bonchev–Trinajstić information content (AvgIpc) is 2.43. The van der Waals surface area contributed by atoms with Crippen LogP contribution in [0.3, 0.4) is 0 Å². The van der Waals surface area contributed by atoms with Gasteiger partial charge in [-0.05, 0) is 43.0 Å². The van der Waals surface area contributed by atoms with Gasteiger partial charge in [0.2, 0.25) is 0 Å². The van der Waals surface area contributed by atoms with E-state index in [4.69, 9.17) is 23.2 Å². The smallest absolute Gasteiger partial charge is 0.0929 e. The van der Waals surface area contributed by atoms with Gasteiger partial charge in [0.05, 0.1) is 6.10 Å². The lowest BCUT2D eigenvalue weighted by molar-refractivity contribution is 0.166. The lowest BCUT2D eigenvalue weighted by Gasteiger charge is -2.29. The van der Waals surface area contributed by atoms with Crippen LogP contribution in [0, 0.1) is 11.8 Å². The third-order valence-electron chi connectivity index (χ3n) is 4.35. The van der Waals surface area contributed by atoms with Crippen molar-refractivity contribution in [1.29, 1.82) is 0 Å². The van der Waals surface area contributed by atoms with E-state index in [-0.39, 0.29) is 0 Å². The van der Waals surface area contributed by atoms with Crippen LogP contribution in [0.5, 0.6) is 0 Å². The van der Waals surface area contributed by atoms with Gasteiger partial charge in [0.15, 0.2) is 0 Å². The molecule has 1 fully saturated rings. The van der Waals surface area contributed by atoms with E-state index in [0.29, 0.717) is 22.2 Å². The van der Waals surface area contributed by atoms with E-state index in [1.165, 1.54) is 25.7 Å². The fourth-order valence-electron chi connectivity index (χ4n) is 2.98. The third-order valence-corrected chi connectivity index (χ3v) is 4.93. The molecule has 0 saturated heterocycles. The number of hydrogen-bond acceptors (Lipinski definition) is 2. The van der Waals surface area contributed by atoms with Gasteiger partial charge in [-0.3, -0.25) is 0 Å². The third kappa shape index (κ3) is 4.36. The molecule has 2 nitrogen and oxygen atoms in total. The normalized spacial score (nSPS) is 24.6. The standard InChI is InChI=1S/C16H23Cl2NO/c1-11-4-2-3-5-12(11)9-19-10-16(20)14-8-13(17)6-7-15(14)18/h6-8,11-12,16,19-20H,2-5,9-10H2,1H3. The lowest BCUT2D eigenvalue weighted by atomic mass is 9.80. The lowest BCUT2D eigenvalue weighted by Crippen LogP contribution is -2.32. The van der Waals surface area contributed by atoms with Crippen molar-refractivity contribution >= 4 is 23.2 Å². The average molecular weight is 316 g/mol. The molecule has 112 valence electrons. The van der Waals surface area contributed by atoms with E-state index >= 15 is 0 Å². The molecule has 1 aliphatic carbocycles. The highest BCUT2D eigenvalue weighted by Gasteiger charge is 2.21. The first kappa shape index (κ1) is 16.1. The van der Waals surface area contributed by atoms with Gasteiger partial charge in [-0.25, -0.2) is 0 Å². The quantitative estimate of drug-likeness (QED) is 0.841. The van der Waals surface area contributed by atoms with Crippen LogP contribution in [0.2, 0.25) is 10.0 Å². The summed E-state index contributed by atoms with van der Waals surface area (Å²) in [7, 11) is 0. The molecule has 3 unspecified atom stereocenters. The van der Waals surface area contributed by atoms with Crippen molar-refractivity contribution in [3.05, 3.63) is 33.8 Å². The number of aliphatic hydroxyl groups excluding tert-OH is 1. The summed E-state index contributed by atoms with van der Waals surface area (Å²) < 4.78 is 0. The summed E-state index contributed by atoms with van der Waals surface area (Å²) in [5.74, 6) is 1.51. The molecule has 20 heavy (non-hydrogen) atoms. The number of benzene rings is 1. The Labute approximate surface area is 131 Å². The molecule has 1 aromatic rings. The summed E-state index contributed by atoms with van der Waals surface area (Å²) in [6.07, 6.45) is 4.70. The van der Waals surface area contributed by atoms with Crippen molar-refractivity contribution in [1.82, 2.24) is 5.32 Å². The Morgan fingerprint density at radius 1 is 1.30 bits per heavy atom. The van der Waals surface area contributed by atoms with Gasteiger partial charge >= 0.3 is 0 Å². The van der Waals surface area contributed by atoms with Crippen LogP contribution in [0.1, 0.15) is 44.3 Å². The Morgan fingerprint density at radius 3 is 2.80 bits per heavy atom. The molecular formula is C16H23Cl2NO. The molecule has 0 amide bonds. The summed E-state index contributed by atoms with van der Waals surface area (Å²) >= 11 is 12.0. The molecule has 4 heteroatoms. The second-order valence-corrected chi connectivity index (χ2v) is 6.71. The van der Waals surface area contributed by atoms with E-state index in [0.717, 1.165) is 18.4 Å². The first-order valence-electron chi connectivity index (χ1n) is 7.41. The van der Waals surface area contributed by atoms with Crippen molar-refractivity contribution in [2.75, 3.05) is 13.1 Å². The van der Waals surface area contributed by atoms with Crippen molar-refractivity contribution in [2.24, 2.45) is 11.8 Å². The molecule has 0 heterocycles. The van der Waals surface area contributed by atoms with Crippen LogP contribution in [-0.2, 0) is 0 Å². The van der Waals surface area contributed by atoms with E-state index < -0.39 is 6.10 Å². The Balaban J connectivity index is 1.82. The summed E-state index contributed by atoms with van der Waals surface area (Å²) in [6.45, 7) is 3.81. The number of halogens is 2. The second kappa shape index (κ2) is 7.65. The molecule has 0 aromatic heterocycles. The predicted molar refractivity (Wildman–Crippen MR) is 85.4 cm³/mol. The highest BCUT2D eigenvalue weighted by atomic mass is 35.5. The minimum Gasteiger partial charge on any atom is -0.387 e. The first-order valence-corrected chi connectivity index (χ1v) is 8.17. The molecule has 0 radical (unpaired) electrons. The van der Waals surface area contributed by atoms with Crippen LogP contribution < -0.4 is 5.32 Å². The molecule has 1 saturated carbocycles. The topological polar surface area (TPSA) is 32.3 Å². The van der Waals surface area contributed by atoms with E-state index in [1.807, 2.05) is 0 Å². The summed E-state index contributed by atoms with van der Waals surface area (Å²) in [5, 5.41) is 14.8. The fourth-order valence-corrected chi connectivity index (χ4v) is 3.41. The van der Waals surface area contributed by atoms with E-state index in [1.54, 1.807) is 18.2 Å². The fraction of sp³-hybridized carbons (Fsp3) is 0.625. The largest absolute Gasteiger partial charge is 0.387 e. The van der Waals surface area contributed by atoms with Gasteiger partial charge in [-0.1, -0.05) is 49.4 Å². The van der Waals surface area contributed by atoms with Crippen molar-refractivity contribution in [3.8, 4) is 0 Å². The Kier molecular flexibility index (Phi) is 6.16. The minimum absolute atomic E-state index is 0.517. The van der Waals surface area contributed by atoms with Crippen LogP contribution in [0.4, 0.5) is 0 Å². The zero-order chi connectivity index (χ0) is 14.5. The van der Waals surface area contributed by atoms with Crippen LogP contribution >= 0.6 is 23.2 Å². The van der Waals surface area contributed by atoms with Crippen LogP contribution in [-0.4, -0.2) is 18.2 Å². The monoisotopic (exact) mass is 315 g/mol. The molecule has 0 bridgehead atoms. The Morgan fingerprint density at radius 2 is 2.05 bits per heavy atom. The minimum atomic E-state index is -0.611. The molecule has 1 aliphatic rings. The molecule has 3 atom stereocenters. The van der Waals surface area contributed by atoms with Gasteiger partial charge in [-0.2, -0.15) is 0 Å². The Bertz CT molecular complexity index is 438.